The maximum absolute atomic E-state index is 13.3. The Balaban J connectivity index is 1.48. The standard InChI is InChI=1S/C24H16FNO5/c25-15-11-9-14(10-12-15)22(27)23-21(16-5-1-2-6-17(16)31-23)26-24(28)20-13-29-18-7-3-4-8-19(18)30-20/h1-12,20H,13H2,(H,26,28). The van der Waals surface area contributed by atoms with Gasteiger partial charge in [-0.3, -0.25) is 9.59 Å². The molecule has 154 valence electrons. The van der Waals surface area contributed by atoms with Crippen molar-refractivity contribution >= 4 is 28.3 Å². The van der Waals surface area contributed by atoms with Crippen LogP contribution in [0.1, 0.15) is 16.1 Å². The predicted molar refractivity (Wildman–Crippen MR) is 111 cm³/mol. The van der Waals surface area contributed by atoms with Crippen LogP contribution in [0.15, 0.2) is 77.2 Å². The Morgan fingerprint density at radius 2 is 1.61 bits per heavy atom. The monoisotopic (exact) mass is 417 g/mol. The van der Waals surface area contributed by atoms with Crippen molar-refractivity contribution < 1.29 is 27.9 Å². The zero-order valence-corrected chi connectivity index (χ0v) is 16.1. The SMILES string of the molecule is O=C(c1ccc(F)cc1)c1oc2ccccc2c1NC(=O)C1COc2ccccc2O1. The average molecular weight is 417 g/mol. The third kappa shape index (κ3) is 3.50. The molecular formula is C24H16FNO5. The first-order valence-electron chi connectivity index (χ1n) is 9.61. The number of rotatable bonds is 4. The van der Waals surface area contributed by atoms with Gasteiger partial charge >= 0.3 is 0 Å². The van der Waals surface area contributed by atoms with E-state index in [0.717, 1.165) is 0 Å². The molecule has 1 aliphatic heterocycles. The largest absolute Gasteiger partial charge is 0.485 e. The number of ether oxygens (including phenoxy) is 2. The Hall–Kier alpha value is -4.13. The van der Waals surface area contributed by atoms with Crippen LogP contribution >= 0.6 is 0 Å². The van der Waals surface area contributed by atoms with Gasteiger partial charge in [0.05, 0.1) is 5.69 Å². The molecule has 0 aliphatic carbocycles. The fraction of sp³-hybridized carbons (Fsp3) is 0.0833. The second-order valence-corrected chi connectivity index (χ2v) is 6.99. The van der Waals surface area contributed by atoms with E-state index in [1.807, 2.05) is 6.07 Å². The highest BCUT2D eigenvalue weighted by Crippen LogP contribution is 2.34. The fourth-order valence-electron chi connectivity index (χ4n) is 3.41. The lowest BCUT2D eigenvalue weighted by Gasteiger charge is -2.25. The van der Waals surface area contributed by atoms with Gasteiger partial charge in [0.1, 0.15) is 18.0 Å². The van der Waals surface area contributed by atoms with E-state index in [1.165, 1.54) is 24.3 Å². The molecule has 0 saturated carbocycles. The number of para-hydroxylation sites is 3. The number of halogens is 1. The summed E-state index contributed by atoms with van der Waals surface area (Å²) in [7, 11) is 0. The molecule has 0 bridgehead atoms. The highest BCUT2D eigenvalue weighted by Gasteiger charge is 2.30. The van der Waals surface area contributed by atoms with Crippen LogP contribution in [0.5, 0.6) is 11.5 Å². The molecule has 5 rings (SSSR count). The second-order valence-electron chi connectivity index (χ2n) is 6.99. The van der Waals surface area contributed by atoms with E-state index in [2.05, 4.69) is 5.32 Å². The van der Waals surface area contributed by atoms with E-state index in [1.54, 1.807) is 42.5 Å². The van der Waals surface area contributed by atoms with Gasteiger partial charge < -0.3 is 19.2 Å². The number of amides is 1. The lowest BCUT2D eigenvalue weighted by Crippen LogP contribution is -2.40. The van der Waals surface area contributed by atoms with Gasteiger partial charge in [0.15, 0.2) is 17.3 Å². The van der Waals surface area contributed by atoms with Gasteiger partial charge in [-0.05, 0) is 48.5 Å². The molecule has 1 amide bonds. The maximum atomic E-state index is 13.3. The fourth-order valence-corrected chi connectivity index (χ4v) is 3.41. The molecule has 0 fully saturated rings. The molecule has 1 atom stereocenters. The number of fused-ring (bicyclic) bond motifs is 2. The molecule has 1 aliphatic rings. The van der Waals surface area contributed by atoms with E-state index in [-0.39, 0.29) is 23.6 Å². The second kappa shape index (κ2) is 7.60. The summed E-state index contributed by atoms with van der Waals surface area (Å²) in [5, 5.41) is 3.33. The van der Waals surface area contributed by atoms with Crippen LogP contribution in [0.3, 0.4) is 0 Å². The zero-order valence-electron chi connectivity index (χ0n) is 16.1. The Morgan fingerprint density at radius 3 is 2.42 bits per heavy atom. The van der Waals surface area contributed by atoms with E-state index >= 15 is 0 Å². The van der Waals surface area contributed by atoms with Crippen LogP contribution in [0.25, 0.3) is 11.0 Å². The summed E-state index contributed by atoms with van der Waals surface area (Å²) in [5.74, 6) is -0.421. The molecule has 1 unspecified atom stereocenters. The molecule has 0 radical (unpaired) electrons. The van der Waals surface area contributed by atoms with Crippen LogP contribution < -0.4 is 14.8 Å². The molecule has 4 aromatic rings. The highest BCUT2D eigenvalue weighted by atomic mass is 19.1. The number of ketones is 1. The number of carbonyl (C=O) groups excluding carboxylic acids is 2. The molecule has 7 heteroatoms. The summed E-state index contributed by atoms with van der Waals surface area (Å²) >= 11 is 0. The van der Waals surface area contributed by atoms with Gasteiger partial charge in [0.25, 0.3) is 5.91 Å². The van der Waals surface area contributed by atoms with Crippen LogP contribution in [-0.2, 0) is 4.79 Å². The molecule has 0 saturated heterocycles. The molecule has 1 aromatic heterocycles. The molecule has 31 heavy (non-hydrogen) atoms. The molecule has 1 N–H and O–H groups in total. The lowest BCUT2D eigenvalue weighted by atomic mass is 10.1. The van der Waals surface area contributed by atoms with Crippen LogP contribution in [0, 0.1) is 5.82 Å². The summed E-state index contributed by atoms with van der Waals surface area (Å²) in [6.07, 6.45) is -0.905. The number of benzene rings is 3. The number of anilines is 1. The summed E-state index contributed by atoms with van der Waals surface area (Å²) in [5.41, 5.74) is 0.911. The first-order valence-corrected chi connectivity index (χ1v) is 9.61. The maximum Gasteiger partial charge on any atom is 0.269 e. The highest BCUT2D eigenvalue weighted by molar-refractivity contribution is 6.17. The number of hydrogen-bond donors (Lipinski definition) is 1. The Bertz CT molecular complexity index is 1300. The zero-order chi connectivity index (χ0) is 21.4. The molecule has 3 aromatic carbocycles. The minimum absolute atomic E-state index is 0.0277. The van der Waals surface area contributed by atoms with Gasteiger partial charge in [0, 0.05) is 10.9 Å². The quantitative estimate of drug-likeness (QED) is 0.492. The predicted octanol–water partition coefficient (Wildman–Crippen LogP) is 4.58. The van der Waals surface area contributed by atoms with Gasteiger partial charge in [-0.1, -0.05) is 24.3 Å². The Labute approximate surface area is 176 Å². The molecule has 0 spiro atoms. The first kappa shape index (κ1) is 18.9. The van der Waals surface area contributed by atoms with Crippen LogP contribution in [0.4, 0.5) is 10.1 Å². The van der Waals surface area contributed by atoms with Gasteiger partial charge in [-0.25, -0.2) is 4.39 Å². The number of nitrogens with one attached hydrogen (secondary N) is 1. The third-order valence-corrected chi connectivity index (χ3v) is 4.96. The van der Waals surface area contributed by atoms with Crippen LogP contribution in [-0.4, -0.2) is 24.4 Å². The van der Waals surface area contributed by atoms with Crippen molar-refractivity contribution in [3.8, 4) is 11.5 Å². The Kier molecular flexibility index (Phi) is 4.63. The van der Waals surface area contributed by atoms with Crippen molar-refractivity contribution in [2.45, 2.75) is 6.10 Å². The van der Waals surface area contributed by atoms with Crippen molar-refractivity contribution in [3.63, 3.8) is 0 Å². The van der Waals surface area contributed by atoms with Crippen molar-refractivity contribution in [1.82, 2.24) is 0 Å². The number of furan rings is 1. The van der Waals surface area contributed by atoms with Crippen molar-refractivity contribution in [2.24, 2.45) is 0 Å². The van der Waals surface area contributed by atoms with Crippen LogP contribution in [0.2, 0.25) is 0 Å². The van der Waals surface area contributed by atoms with Gasteiger partial charge in [0.2, 0.25) is 11.9 Å². The molecular weight excluding hydrogens is 401 g/mol. The van der Waals surface area contributed by atoms with E-state index in [0.29, 0.717) is 22.5 Å². The van der Waals surface area contributed by atoms with Crippen molar-refractivity contribution in [3.05, 3.63) is 89.9 Å². The first-order chi connectivity index (χ1) is 15.1. The minimum Gasteiger partial charge on any atom is -0.485 e. The topological polar surface area (TPSA) is 77.8 Å². The van der Waals surface area contributed by atoms with E-state index < -0.39 is 23.6 Å². The minimum atomic E-state index is -0.905. The van der Waals surface area contributed by atoms with Crippen molar-refractivity contribution in [2.75, 3.05) is 11.9 Å². The van der Waals surface area contributed by atoms with E-state index in [4.69, 9.17) is 13.9 Å². The summed E-state index contributed by atoms with van der Waals surface area (Å²) in [6, 6.07) is 19.2. The van der Waals surface area contributed by atoms with Crippen molar-refractivity contribution in [1.29, 1.82) is 0 Å². The summed E-state index contributed by atoms with van der Waals surface area (Å²) in [6.45, 7) is 0.0277. The van der Waals surface area contributed by atoms with Gasteiger partial charge in [-0.15, -0.1) is 0 Å². The van der Waals surface area contributed by atoms with Gasteiger partial charge in [-0.2, -0.15) is 0 Å². The summed E-state index contributed by atoms with van der Waals surface area (Å²) in [4.78, 5) is 26.0. The Morgan fingerprint density at radius 1 is 0.903 bits per heavy atom. The smallest absolute Gasteiger partial charge is 0.269 e. The molecule has 6 nitrogen and oxygen atoms in total. The normalized spacial score (nSPS) is 14.9. The third-order valence-electron chi connectivity index (χ3n) is 4.96. The number of carbonyl (C=O) groups is 2. The average Bonchev–Trinajstić information content (AvgIpc) is 3.17. The molecule has 2 heterocycles. The summed E-state index contributed by atoms with van der Waals surface area (Å²) < 4.78 is 30.4. The lowest BCUT2D eigenvalue weighted by molar-refractivity contribution is -0.125. The van der Waals surface area contributed by atoms with E-state index in [9.17, 15) is 14.0 Å². The number of hydrogen-bond acceptors (Lipinski definition) is 5.